The first-order chi connectivity index (χ1) is 5.91. The van der Waals surface area contributed by atoms with E-state index in [1.165, 1.54) is 0 Å². The van der Waals surface area contributed by atoms with Gasteiger partial charge in [0, 0.05) is 0 Å². The van der Waals surface area contributed by atoms with E-state index in [0.29, 0.717) is 0 Å². The summed E-state index contributed by atoms with van der Waals surface area (Å²) in [6.07, 6.45) is 0. The summed E-state index contributed by atoms with van der Waals surface area (Å²) in [5, 5.41) is 7.36. The summed E-state index contributed by atoms with van der Waals surface area (Å²) in [4.78, 5) is 10.3. The van der Waals surface area contributed by atoms with Gasteiger partial charge >= 0.3 is 5.97 Å². The molecule has 0 aliphatic heterocycles. The van der Waals surface area contributed by atoms with Gasteiger partial charge in [0.15, 0.2) is 0 Å². The predicted octanol–water partition coefficient (Wildman–Crippen LogP) is 3.69. The molecule has 7 heteroatoms. The van der Waals surface area contributed by atoms with Gasteiger partial charge in [0.2, 0.25) is 0 Å². The van der Waals surface area contributed by atoms with Crippen molar-refractivity contribution in [2.45, 2.75) is 0 Å². The Morgan fingerprint density at radius 2 is 1.46 bits per heavy atom. The highest BCUT2D eigenvalue weighted by Gasteiger charge is 2.14. The van der Waals surface area contributed by atoms with Crippen molar-refractivity contribution < 1.29 is 9.90 Å². The lowest BCUT2D eigenvalue weighted by Gasteiger charge is -2.00. The van der Waals surface area contributed by atoms with Gasteiger partial charge in [-0.1, -0.05) is 46.4 Å². The number of carboxylic acid groups (broad SMARTS) is 1. The van der Waals surface area contributed by atoms with Crippen LogP contribution in [0.4, 0.5) is 0 Å². The molecule has 1 N–H and O–H groups in total. The second-order valence-electron chi connectivity index (χ2n) is 1.79. The van der Waals surface area contributed by atoms with Gasteiger partial charge in [-0.05, 0) is 0 Å². The van der Waals surface area contributed by atoms with E-state index in [2.05, 4.69) is 0 Å². The summed E-state index contributed by atoms with van der Waals surface area (Å²) in [5.74, 6) is -1.45. The van der Waals surface area contributed by atoms with E-state index in [4.69, 9.17) is 63.1 Å². The maximum atomic E-state index is 10.3. The third-order valence-electron chi connectivity index (χ3n) is 0.929. The first kappa shape index (κ1) is 13.4. The average molecular weight is 284 g/mol. The zero-order valence-electron chi connectivity index (χ0n) is 5.95. The molecule has 0 aliphatic carbocycles. The summed E-state index contributed by atoms with van der Waals surface area (Å²) in [7, 11) is 0. The van der Waals surface area contributed by atoms with Crippen molar-refractivity contribution in [2.24, 2.45) is 0 Å². The van der Waals surface area contributed by atoms with Crippen LogP contribution < -0.4 is 0 Å². The molecular formula is C6H3Cl5O2. The SMILES string of the molecule is O=C(O)C(Cl)=C(Cl)C(Cl)=C(Cl)CCl. The van der Waals surface area contributed by atoms with Crippen LogP contribution in [0.5, 0.6) is 0 Å². The van der Waals surface area contributed by atoms with Crippen LogP contribution in [0.1, 0.15) is 0 Å². The van der Waals surface area contributed by atoms with Crippen molar-refractivity contribution in [1.82, 2.24) is 0 Å². The summed E-state index contributed by atoms with van der Waals surface area (Å²) >= 11 is 27.2. The van der Waals surface area contributed by atoms with Crippen LogP contribution in [0, 0.1) is 0 Å². The third-order valence-corrected chi connectivity index (χ3v) is 3.09. The van der Waals surface area contributed by atoms with Crippen LogP contribution in [-0.4, -0.2) is 17.0 Å². The van der Waals surface area contributed by atoms with Crippen LogP contribution >= 0.6 is 58.0 Å². The molecule has 0 heterocycles. The molecule has 0 aromatic carbocycles. The standard InChI is InChI=1S/C6H3Cl5O2/c7-1-2(8)3(9)4(10)5(11)6(12)13/h1H2,(H,12,13). The smallest absolute Gasteiger partial charge is 0.348 e. The van der Waals surface area contributed by atoms with E-state index in [1.807, 2.05) is 0 Å². The van der Waals surface area contributed by atoms with Crippen molar-refractivity contribution in [3.8, 4) is 0 Å². The second-order valence-corrected chi connectivity index (χ2v) is 3.64. The monoisotopic (exact) mass is 282 g/mol. The number of halogens is 5. The zero-order chi connectivity index (χ0) is 10.6. The van der Waals surface area contributed by atoms with Crippen molar-refractivity contribution in [2.75, 3.05) is 5.88 Å². The Morgan fingerprint density at radius 3 is 1.77 bits per heavy atom. The van der Waals surface area contributed by atoms with Gasteiger partial charge < -0.3 is 5.11 Å². The first-order valence-corrected chi connectivity index (χ1v) is 4.85. The number of carboxylic acids is 1. The van der Waals surface area contributed by atoms with E-state index in [0.717, 1.165) is 0 Å². The van der Waals surface area contributed by atoms with Crippen molar-refractivity contribution in [3.63, 3.8) is 0 Å². The molecule has 13 heavy (non-hydrogen) atoms. The summed E-state index contributed by atoms with van der Waals surface area (Å²) < 4.78 is 0. The molecule has 0 aromatic rings. The van der Waals surface area contributed by atoms with Crippen molar-refractivity contribution >= 4 is 64.0 Å². The fourth-order valence-corrected chi connectivity index (χ4v) is 1.21. The molecule has 0 atom stereocenters. The van der Waals surface area contributed by atoms with Gasteiger partial charge in [-0.2, -0.15) is 0 Å². The normalized spacial score (nSPS) is 14.8. The molecule has 0 spiro atoms. The van der Waals surface area contributed by atoms with E-state index in [-0.39, 0.29) is 21.0 Å². The van der Waals surface area contributed by atoms with E-state index < -0.39 is 11.0 Å². The molecule has 0 amide bonds. The Balaban J connectivity index is 5.10. The topological polar surface area (TPSA) is 37.3 Å². The summed E-state index contributed by atoms with van der Waals surface area (Å²) in [6.45, 7) is 0. The molecule has 2 nitrogen and oxygen atoms in total. The Bertz CT molecular complexity index is 281. The van der Waals surface area contributed by atoms with Gasteiger partial charge in [0.25, 0.3) is 0 Å². The highest BCUT2D eigenvalue weighted by Crippen LogP contribution is 2.29. The number of carbonyl (C=O) groups is 1. The molecule has 0 saturated carbocycles. The van der Waals surface area contributed by atoms with Gasteiger partial charge in [0.05, 0.1) is 21.0 Å². The fraction of sp³-hybridized carbons (Fsp3) is 0.167. The maximum absolute atomic E-state index is 10.3. The first-order valence-electron chi connectivity index (χ1n) is 2.80. The van der Waals surface area contributed by atoms with Crippen LogP contribution in [0.2, 0.25) is 0 Å². The molecule has 0 aromatic heterocycles. The van der Waals surface area contributed by atoms with Crippen LogP contribution in [0.15, 0.2) is 20.1 Å². The quantitative estimate of drug-likeness (QED) is 0.487. The minimum atomic E-state index is -1.39. The number of hydrogen-bond acceptors (Lipinski definition) is 1. The largest absolute Gasteiger partial charge is 0.477 e. The number of aliphatic carboxylic acids is 1. The number of rotatable bonds is 3. The minimum Gasteiger partial charge on any atom is -0.477 e. The van der Waals surface area contributed by atoms with Crippen LogP contribution in [0.25, 0.3) is 0 Å². The van der Waals surface area contributed by atoms with Gasteiger partial charge in [-0.15, -0.1) is 11.6 Å². The van der Waals surface area contributed by atoms with Crippen LogP contribution in [0.3, 0.4) is 0 Å². The number of allylic oxidation sites excluding steroid dienone is 3. The second kappa shape index (κ2) is 5.99. The molecule has 74 valence electrons. The summed E-state index contributed by atoms with van der Waals surface area (Å²) in [6, 6.07) is 0. The van der Waals surface area contributed by atoms with Gasteiger partial charge in [-0.25, -0.2) is 4.79 Å². The molecule has 0 fully saturated rings. The van der Waals surface area contributed by atoms with E-state index in [1.54, 1.807) is 0 Å². The van der Waals surface area contributed by atoms with E-state index >= 15 is 0 Å². The Kier molecular flexibility index (Phi) is 6.18. The average Bonchev–Trinajstić information content (AvgIpc) is 2.12. The molecule has 0 unspecified atom stereocenters. The van der Waals surface area contributed by atoms with Crippen molar-refractivity contribution in [1.29, 1.82) is 0 Å². The third kappa shape index (κ3) is 3.96. The Morgan fingerprint density at radius 1 is 1.00 bits per heavy atom. The molecule has 0 aliphatic rings. The lowest BCUT2D eigenvalue weighted by molar-refractivity contribution is -0.131. The van der Waals surface area contributed by atoms with Crippen LogP contribution in [-0.2, 0) is 4.79 Å². The Labute approximate surface area is 99.7 Å². The number of hydrogen-bond donors (Lipinski definition) is 1. The summed E-state index contributed by atoms with van der Waals surface area (Å²) in [5.41, 5.74) is 0. The molecule has 0 saturated heterocycles. The van der Waals surface area contributed by atoms with Gasteiger partial charge in [0.1, 0.15) is 5.03 Å². The highest BCUT2D eigenvalue weighted by molar-refractivity contribution is 6.54. The molecular weight excluding hydrogens is 281 g/mol. The van der Waals surface area contributed by atoms with Crippen molar-refractivity contribution in [3.05, 3.63) is 20.1 Å². The lowest BCUT2D eigenvalue weighted by atomic mass is 10.4. The predicted molar refractivity (Wildman–Crippen MR) is 55.8 cm³/mol. The molecule has 0 rings (SSSR count). The molecule has 0 bridgehead atoms. The van der Waals surface area contributed by atoms with E-state index in [9.17, 15) is 4.79 Å². The number of alkyl halides is 1. The van der Waals surface area contributed by atoms with Gasteiger partial charge in [-0.3, -0.25) is 0 Å². The zero-order valence-corrected chi connectivity index (χ0v) is 9.73. The molecule has 0 radical (unpaired) electrons. The Hall–Kier alpha value is 0.400. The maximum Gasteiger partial charge on any atom is 0.348 e. The highest BCUT2D eigenvalue weighted by atomic mass is 35.5. The minimum absolute atomic E-state index is 0.0349. The fourth-order valence-electron chi connectivity index (χ4n) is 0.368. The lowest BCUT2D eigenvalue weighted by Crippen LogP contribution is -1.97.